The Labute approximate surface area is 285 Å². The predicted molar refractivity (Wildman–Crippen MR) is 178 cm³/mol. The van der Waals surface area contributed by atoms with Crippen LogP contribution < -0.4 is 16.6 Å². The summed E-state index contributed by atoms with van der Waals surface area (Å²) < 4.78 is 47.9. The van der Waals surface area contributed by atoms with Crippen LogP contribution in [0.15, 0.2) is 27.5 Å². The molecule has 3 N–H and O–H groups in total. The molecular formula is C34H49FN6O8. The molecule has 2 aromatic heterocycles. The summed E-state index contributed by atoms with van der Waals surface area (Å²) in [7, 11) is 0. The first-order valence-corrected chi connectivity index (χ1v) is 17.3. The van der Waals surface area contributed by atoms with Gasteiger partial charge in [0.1, 0.15) is 5.82 Å². The summed E-state index contributed by atoms with van der Waals surface area (Å²) in [4.78, 5) is 33.2. The molecule has 0 spiro atoms. The highest BCUT2D eigenvalue weighted by Gasteiger charge is 2.29. The highest BCUT2D eigenvalue weighted by atomic mass is 19.1. The maximum atomic E-state index is 13.6. The average Bonchev–Trinajstić information content (AvgIpc) is 3.52. The molecule has 4 heterocycles. The van der Waals surface area contributed by atoms with E-state index in [9.17, 15) is 14.0 Å². The summed E-state index contributed by atoms with van der Waals surface area (Å²) in [5, 5.41) is 7.83. The number of carbonyl (C=O) groups is 1. The predicted octanol–water partition coefficient (Wildman–Crippen LogP) is 2.84. The molecule has 0 bridgehead atoms. The summed E-state index contributed by atoms with van der Waals surface area (Å²) in [5.74, 6) is 0.405. The zero-order valence-electron chi connectivity index (χ0n) is 28.3. The van der Waals surface area contributed by atoms with Crippen molar-refractivity contribution in [3.05, 3.63) is 57.1 Å². The van der Waals surface area contributed by atoms with Gasteiger partial charge in [0.15, 0.2) is 17.5 Å². The number of hydrogen-bond donors (Lipinski definition) is 2. The number of aromatic nitrogens is 3. The number of nitrogens with two attached hydrogens (primary N) is 1. The summed E-state index contributed by atoms with van der Waals surface area (Å²) >= 11 is 0. The van der Waals surface area contributed by atoms with Crippen molar-refractivity contribution in [3.63, 3.8) is 0 Å². The topological polar surface area (TPSA) is 165 Å². The number of nitrogens with one attached hydrogen (secondary N) is 1. The van der Waals surface area contributed by atoms with E-state index in [4.69, 9.17) is 38.9 Å². The second-order valence-electron chi connectivity index (χ2n) is 12.3. The average molecular weight is 689 g/mol. The summed E-state index contributed by atoms with van der Waals surface area (Å²) in [6.45, 7) is 9.23. The van der Waals surface area contributed by atoms with Crippen molar-refractivity contribution in [2.75, 3.05) is 85.6 Å². The molecule has 1 fully saturated rings. The van der Waals surface area contributed by atoms with Gasteiger partial charge in [-0.05, 0) is 64.3 Å². The molecule has 15 heteroatoms. The summed E-state index contributed by atoms with van der Waals surface area (Å²) in [6.07, 6.45) is 2.54. The molecule has 1 unspecified atom stereocenters. The van der Waals surface area contributed by atoms with Crippen molar-refractivity contribution < 1.29 is 37.4 Å². The molecule has 1 atom stereocenters. The number of ether oxygens (including phenoxy) is 5. The first-order chi connectivity index (χ1) is 23.9. The SMILES string of the molecule is Cc1nc2n(c(=O)c1CCN1CCC(c3noc4cc(F)ccc34)CC1)CCCC2OC(=O)NCCOCCOCCOCCOCCN. The van der Waals surface area contributed by atoms with Crippen LogP contribution in [0.2, 0.25) is 0 Å². The third kappa shape index (κ3) is 10.5. The number of alkyl carbamates (subject to hydrolysis) is 1. The Morgan fingerprint density at radius 1 is 1.00 bits per heavy atom. The van der Waals surface area contributed by atoms with Gasteiger partial charge in [-0.3, -0.25) is 9.36 Å². The molecule has 2 aliphatic heterocycles. The van der Waals surface area contributed by atoms with E-state index in [1.165, 1.54) is 12.1 Å². The van der Waals surface area contributed by atoms with E-state index in [-0.39, 0.29) is 23.8 Å². The fourth-order valence-electron chi connectivity index (χ4n) is 6.31. The van der Waals surface area contributed by atoms with Crippen molar-refractivity contribution in [1.29, 1.82) is 0 Å². The smallest absolute Gasteiger partial charge is 0.407 e. The lowest BCUT2D eigenvalue weighted by atomic mass is 9.91. The Balaban J connectivity index is 0.998. The van der Waals surface area contributed by atoms with E-state index in [0.29, 0.717) is 108 Å². The quantitative estimate of drug-likeness (QED) is 0.177. The Bertz CT molecular complexity index is 1540. The van der Waals surface area contributed by atoms with Crippen molar-refractivity contribution in [2.45, 2.75) is 57.6 Å². The van der Waals surface area contributed by atoms with Crippen molar-refractivity contribution in [2.24, 2.45) is 5.73 Å². The van der Waals surface area contributed by atoms with E-state index in [0.717, 1.165) is 43.6 Å². The van der Waals surface area contributed by atoms with Crippen LogP contribution in [-0.4, -0.2) is 111 Å². The number of carbonyl (C=O) groups excluding carboxylic acids is 1. The Hall–Kier alpha value is -3.47. The van der Waals surface area contributed by atoms with Gasteiger partial charge in [0, 0.05) is 54.8 Å². The van der Waals surface area contributed by atoms with Crippen LogP contribution in [0.5, 0.6) is 0 Å². The van der Waals surface area contributed by atoms with Gasteiger partial charge < -0.3 is 44.2 Å². The highest BCUT2D eigenvalue weighted by Crippen LogP contribution is 2.33. The number of rotatable bonds is 19. The van der Waals surface area contributed by atoms with Gasteiger partial charge in [-0.1, -0.05) is 5.16 Å². The van der Waals surface area contributed by atoms with E-state index in [2.05, 4.69) is 15.4 Å². The number of halogens is 1. The van der Waals surface area contributed by atoms with Gasteiger partial charge in [-0.2, -0.15) is 0 Å². The van der Waals surface area contributed by atoms with Gasteiger partial charge in [-0.15, -0.1) is 0 Å². The number of hydrogen-bond acceptors (Lipinski definition) is 12. The largest absolute Gasteiger partial charge is 0.438 e. The lowest BCUT2D eigenvalue weighted by Crippen LogP contribution is -2.39. The molecule has 49 heavy (non-hydrogen) atoms. The minimum absolute atomic E-state index is 0.0638. The van der Waals surface area contributed by atoms with E-state index >= 15 is 0 Å². The van der Waals surface area contributed by atoms with Crippen LogP contribution in [0.4, 0.5) is 9.18 Å². The van der Waals surface area contributed by atoms with Gasteiger partial charge in [0.25, 0.3) is 5.56 Å². The molecule has 1 saturated heterocycles. The third-order valence-corrected chi connectivity index (χ3v) is 8.89. The number of amides is 1. The first-order valence-electron chi connectivity index (χ1n) is 17.3. The third-order valence-electron chi connectivity index (χ3n) is 8.89. The zero-order chi connectivity index (χ0) is 34.4. The van der Waals surface area contributed by atoms with Crippen LogP contribution in [0.1, 0.15) is 60.5 Å². The number of benzene rings is 1. The minimum atomic E-state index is -0.596. The number of nitrogens with zero attached hydrogens (tertiary/aromatic N) is 4. The van der Waals surface area contributed by atoms with Gasteiger partial charge in [-0.25, -0.2) is 14.2 Å². The standard InChI is InChI=1S/C34H49FN6O8/c1-24-27(8-14-40-12-6-25(7-13-40)31-28-5-4-26(35)23-30(28)49-39-31)33(42)41-11-2-3-29(32(41)38-24)48-34(43)37-10-16-45-18-20-47-22-21-46-19-17-44-15-9-36/h4-5,23,25,29H,2-3,6-22,36H2,1H3,(H,37,43). The van der Waals surface area contributed by atoms with Crippen molar-refractivity contribution in [1.82, 2.24) is 24.9 Å². The van der Waals surface area contributed by atoms with Crippen molar-refractivity contribution >= 4 is 17.1 Å². The van der Waals surface area contributed by atoms with E-state index in [1.807, 2.05) is 6.92 Å². The number of aryl methyl sites for hydroxylation is 1. The molecule has 2 aliphatic rings. The second-order valence-corrected chi connectivity index (χ2v) is 12.3. The van der Waals surface area contributed by atoms with Crippen LogP contribution in [0.25, 0.3) is 11.0 Å². The van der Waals surface area contributed by atoms with Gasteiger partial charge in [0.2, 0.25) is 0 Å². The Morgan fingerprint density at radius 3 is 2.41 bits per heavy atom. The molecule has 3 aromatic rings. The Morgan fingerprint density at radius 2 is 1.69 bits per heavy atom. The van der Waals surface area contributed by atoms with Crippen LogP contribution in [-0.2, 0) is 36.6 Å². The maximum Gasteiger partial charge on any atom is 0.407 e. The summed E-state index contributed by atoms with van der Waals surface area (Å²) in [5.41, 5.74) is 8.02. The number of likely N-dealkylation sites (tertiary alicyclic amines) is 1. The Kier molecular flexibility index (Phi) is 14.3. The molecule has 0 aliphatic carbocycles. The molecule has 5 rings (SSSR count). The number of piperidine rings is 1. The second kappa shape index (κ2) is 19.1. The molecule has 1 amide bonds. The first kappa shape index (κ1) is 36.8. The molecule has 270 valence electrons. The van der Waals surface area contributed by atoms with Crippen LogP contribution in [0, 0.1) is 12.7 Å². The van der Waals surface area contributed by atoms with Crippen LogP contribution in [0.3, 0.4) is 0 Å². The zero-order valence-corrected chi connectivity index (χ0v) is 28.3. The normalized spacial score (nSPS) is 17.0. The maximum absolute atomic E-state index is 13.6. The molecule has 0 saturated carbocycles. The fourth-order valence-corrected chi connectivity index (χ4v) is 6.31. The molecule has 14 nitrogen and oxygen atoms in total. The fraction of sp³-hybridized carbons (Fsp3) is 0.647. The van der Waals surface area contributed by atoms with Gasteiger partial charge in [0.05, 0.1) is 58.5 Å². The van der Waals surface area contributed by atoms with Gasteiger partial charge >= 0.3 is 6.09 Å². The molecule has 0 radical (unpaired) electrons. The van der Waals surface area contributed by atoms with Crippen LogP contribution >= 0.6 is 0 Å². The summed E-state index contributed by atoms with van der Waals surface area (Å²) in [6, 6.07) is 4.55. The lowest BCUT2D eigenvalue weighted by molar-refractivity contribution is -0.000829. The number of fused-ring (bicyclic) bond motifs is 2. The van der Waals surface area contributed by atoms with E-state index < -0.39 is 12.2 Å². The minimum Gasteiger partial charge on any atom is -0.438 e. The molecular weight excluding hydrogens is 639 g/mol. The monoisotopic (exact) mass is 688 g/mol. The highest BCUT2D eigenvalue weighted by molar-refractivity contribution is 5.79. The van der Waals surface area contributed by atoms with E-state index in [1.54, 1.807) is 10.6 Å². The van der Waals surface area contributed by atoms with Crippen molar-refractivity contribution in [3.8, 4) is 0 Å². The lowest BCUT2D eigenvalue weighted by Gasteiger charge is -2.31. The molecule has 1 aromatic carbocycles.